The van der Waals surface area contributed by atoms with E-state index in [4.69, 9.17) is 47.7 Å². The molecule has 1 aromatic rings. The Morgan fingerprint density at radius 1 is 0.880 bits per heavy atom. The Hall–Kier alpha value is -3.57. The number of ether oxygens (including phenoxy) is 8. The van der Waals surface area contributed by atoms with Gasteiger partial charge in [0, 0.05) is 32.6 Å². The molecule has 10 atom stereocenters. The van der Waals surface area contributed by atoms with Crippen LogP contribution >= 0.6 is 0 Å². The quantitative estimate of drug-likeness (QED) is 0.0420. The number of hydrogen-bond donors (Lipinski definition) is 1. The van der Waals surface area contributed by atoms with Crippen LogP contribution < -0.4 is 0 Å². The molecule has 0 aromatic heterocycles. The number of carbonyl (C=O) groups is 3. The molecule has 17 heteroatoms. The minimum absolute atomic E-state index is 0.0605. The van der Waals surface area contributed by atoms with Gasteiger partial charge in [0.2, 0.25) is 6.29 Å². The molecule has 1 N–H and O–H groups in total. The Morgan fingerprint density at radius 3 is 2.04 bits per heavy atom. The van der Waals surface area contributed by atoms with Crippen molar-refractivity contribution in [2.75, 3.05) is 6.61 Å². The van der Waals surface area contributed by atoms with Crippen LogP contribution in [0.25, 0.3) is 10.4 Å². The molecule has 0 radical (unpaired) electrons. The summed E-state index contributed by atoms with van der Waals surface area (Å²) in [5.41, 5.74) is 10.5. The molecule has 0 saturated carbocycles. The van der Waals surface area contributed by atoms with Crippen LogP contribution in [0.4, 0.5) is 0 Å². The predicted octanol–water partition coefficient (Wildman–Crippen LogP) is 4.94. The molecule has 2 fully saturated rings. The summed E-state index contributed by atoms with van der Waals surface area (Å²) in [5, 5.41) is 11.6. The third kappa shape index (κ3) is 11.0. The second kappa shape index (κ2) is 17.6. The lowest BCUT2D eigenvalue weighted by Gasteiger charge is -2.50. The summed E-state index contributed by atoms with van der Waals surface area (Å²) in [5.74, 6) is -2.12. The maximum atomic E-state index is 12.5. The van der Waals surface area contributed by atoms with Gasteiger partial charge in [-0.2, -0.15) is 0 Å². The van der Waals surface area contributed by atoms with E-state index in [-0.39, 0.29) is 24.1 Å². The Kier molecular flexibility index (Phi) is 14.4. The minimum Gasteiger partial charge on any atom is -0.463 e. The molecule has 278 valence electrons. The first kappa shape index (κ1) is 40.9. The SMILES string of the molecule is CC(=N)O[C@@H]1OC(C)[C@H](O[C@@H]2OC(COC(C)=O)[C@H](O[Si](C)(C)C(C)(C)C)C(OC(C)=O)[C@H]2N=[N+]=[N-])C(OCc2ccccc2)[C@H]1OC(C)=O. The average Bonchev–Trinajstić information content (AvgIpc) is 3.00. The third-order valence-electron chi connectivity index (χ3n) is 8.69. The molecular formula is C33H50N4O12Si. The molecule has 0 amide bonds. The molecule has 2 heterocycles. The van der Waals surface area contributed by atoms with Crippen molar-refractivity contribution in [2.24, 2.45) is 5.11 Å². The molecule has 16 nitrogen and oxygen atoms in total. The van der Waals surface area contributed by atoms with Gasteiger partial charge < -0.3 is 42.3 Å². The van der Waals surface area contributed by atoms with Gasteiger partial charge in [0.25, 0.3) is 0 Å². The topological polar surface area (TPSA) is 207 Å². The number of benzene rings is 1. The van der Waals surface area contributed by atoms with Gasteiger partial charge in [0.15, 0.2) is 26.6 Å². The van der Waals surface area contributed by atoms with E-state index in [0.717, 1.165) is 5.56 Å². The van der Waals surface area contributed by atoms with Gasteiger partial charge in [-0.05, 0) is 36.2 Å². The molecule has 1 aromatic carbocycles. The zero-order chi connectivity index (χ0) is 37.4. The fourth-order valence-corrected chi connectivity index (χ4v) is 6.68. The van der Waals surface area contributed by atoms with Crippen LogP contribution in [0, 0.1) is 5.41 Å². The van der Waals surface area contributed by atoms with Crippen LogP contribution in [0.1, 0.15) is 61.0 Å². The second-order valence-corrected chi connectivity index (χ2v) is 18.5. The number of azide groups is 1. The van der Waals surface area contributed by atoms with Crippen molar-refractivity contribution in [3.05, 3.63) is 46.3 Å². The normalized spacial score (nSPS) is 30.0. The van der Waals surface area contributed by atoms with Gasteiger partial charge in [0.05, 0.1) is 12.7 Å². The maximum Gasteiger partial charge on any atom is 0.303 e. The van der Waals surface area contributed by atoms with Crippen molar-refractivity contribution in [1.82, 2.24) is 0 Å². The number of nitrogens with one attached hydrogen (secondary N) is 1. The second-order valence-electron chi connectivity index (χ2n) is 13.8. The van der Waals surface area contributed by atoms with Gasteiger partial charge >= 0.3 is 17.9 Å². The van der Waals surface area contributed by atoms with Crippen molar-refractivity contribution in [3.63, 3.8) is 0 Å². The fraction of sp³-hybridized carbons (Fsp3) is 0.697. The highest BCUT2D eigenvalue weighted by Crippen LogP contribution is 2.41. The summed E-state index contributed by atoms with van der Waals surface area (Å²) in [6.07, 6.45) is -10.2. The number of carbonyl (C=O) groups excluding carboxylic acids is 3. The van der Waals surface area contributed by atoms with Crippen molar-refractivity contribution in [3.8, 4) is 0 Å². The van der Waals surface area contributed by atoms with E-state index in [1.165, 1.54) is 27.7 Å². The molecule has 0 bridgehead atoms. The van der Waals surface area contributed by atoms with Crippen LogP contribution in [-0.2, 0) is 63.3 Å². The number of esters is 3. The average molecular weight is 723 g/mol. The number of nitrogens with zero attached hydrogens (tertiary/aromatic N) is 3. The Morgan fingerprint density at radius 2 is 1.50 bits per heavy atom. The number of rotatable bonds is 13. The van der Waals surface area contributed by atoms with Crippen LogP contribution in [-0.4, -0.2) is 100 Å². The van der Waals surface area contributed by atoms with E-state index in [2.05, 4.69) is 10.0 Å². The zero-order valence-corrected chi connectivity index (χ0v) is 31.3. The van der Waals surface area contributed by atoms with Crippen molar-refractivity contribution in [1.29, 1.82) is 5.41 Å². The molecule has 0 aliphatic carbocycles. The Bertz CT molecular complexity index is 1390. The standard InChI is InChI=1S/C33H50N4O12Si/c1-18-26(29(42-16-23-14-12-11-13-15-23)30(46-22(5)40)32(43-18)44-19(2)34)48-31-25(36-37-35)28(45-21(4)39)27(24(47-31)17-41-20(3)38)49-50(9,10)33(6,7)8/h11-15,18,24-32,34H,16-17H2,1-10H3/t18?,24?,25-,26+,27+,28?,29?,30-,31+,32+/m1/s1. The van der Waals surface area contributed by atoms with E-state index in [9.17, 15) is 19.9 Å². The molecule has 0 spiro atoms. The summed E-state index contributed by atoms with van der Waals surface area (Å²) in [4.78, 5) is 39.9. The molecule has 3 rings (SSSR count). The lowest BCUT2D eigenvalue weighted by Crippen LogP contribution is -2.66. The zero-order valence-electron chi connectivity index (χ0n) is 30.3. The summed E-state index contributed by atoms with van der Waals surface area (Å²) in [6, 6.07) is 7.93. The highest BCUT2D eigenvalue weighted by molar-refractivity contribution is 6.74. The molecule has 2 saturated heterocycles. The third-order valence-corrected chi connectivity index (χ3v) is 13.2. The smallest absolute Gasteiger partial charge is 0.303 e. The highest BCUT2D eigenvalue weighted by atomic mass is 28.4. The molecule has 2 aliphatic heterocycles. The molecule has 2 aliphatic rings. The van der Waals surface area contributed by atoms with Crippen LogP contribution in [0.15, 0.2) is 35.4 Å². The Balaban J connectivity index is 2.11. The van der Waals surface area contributed by atoms with E-state index < -0.39 is 87.6 Å². The largest absolute Gasteiger partial charge is 0.463 e. The van der Waals surface area contributed by atoms with Gasteiger partial charge in [0.1, 0.15) is 43.2 Å². The first-order valence-electron chi connectivity index (χ1n) is 16.4. The van der Waals surface area contributed by atoms with Crippen molar-refractivity contribution < 1.29 is 56.7 Å². The molecular weight excluding hydrogens is 672 g/mol. The van der Waals surface area contributed by atoms with E-state index in [1.54, 1.807) is 6.92 Å². The van der Waals surface area contributed by atoms with Crippen LogP contribution in [0.3, 0.4) is 0 Å². The van der Waals surface area contributed by atoms with E-state index >= 15 is 0 Å². The Labute approximate surface area is 293 Å². The summed E-state index contributed by atoms with van der Waals surface area (Å²) >= 11 is 0. The van der Waals surface area contributed by atoms with Gasteiger partial charge in [-0.25, -0.2) is 0 Å². The van der Waals surface area contributed by atoms with Gasteiger partial charge in [-0.3, -0.25) is 19.8 Å². The van der Waals surface area contributed by atoms with Crippen molar-refractivity contribution in [2.45, 2.75) is 141 Å². The summed E-state index contributed by atoms with van der Waals surface area (Å²) < 4.78 is 54.6. The fourth-order valence-electron chi connectivity index (χ4n) is 5.36. The number of hydrogen-bond acceptors (Lipinski definition) is 14. The van der Waals surface area contributed by atoms with E-state index in [1.807, 2.05) is 64.2 Å². The first-order chi connectivity index (χ1) is 23.3. The van der Waals surface area contributed by atoms with Crippen molar-refractivity contribution >= 4 is 32.1 Å². The maximum absolute atomic E-state index is 12.5. The van der Waals surface area contributed by atoms with E-state index in [0.29, 0.717) is 0 Å². The monoisotopic (exact) mass is 722 g/mol. The summed E-state index contributed by atoms with van der Waals surface area (Å²) in [6.45, 7) is 16.6. The van der Waals surface area contributed by atoms with Gasteiger partial charge in [-0.15, -0.1) is 0 Å². The van der Waals surface area contributed by atoms with Crippen LogP contribution in [0.5, 0.6) is 0 Å². The predicted molar refractivity (Wildman–Crippen MR) is 180 cm³/mol. The van der Waals surface area contributed by atoms with Gasteiger partial charge in [-0.1, -0.05) is 56.2 Å². The first-order valence-corrected chi connectivity index (χ1v) is 19.3. The lowest BCUT2D eigenvalue weighted by molar-refractivity contribution is -0.338. The molecule has 50 heavy (non-hydrogen) atoms. The molecule has 4 unspecified atom stereocenters. The summed E-state index contributed by atoms with van der Waals surface area (Å²) in [7, 11) is -2.62. The minimum atomic E-state index is -2.62. The lowest BCUT2D eigenvalue weighted by atomic mass is 9.95. The van der Waals surface area contributed by atoms with Crippen LogP contribution in [0.2, 0.25) is 18.1 Å². The highest BCUT2D eigenvalue weighted by Gasteiger charge is 2.56.